The predicted octanol–water partition coefficient (Wildman–Crippen LogP) is 1.65. The highest BCUT2D eigenvalue weighted by molar-refractivity contribution is 7.98. The van der Waals surface area contributed by atoms with Crippen molar-refractivity contribution in [1.29, 1.82) is 0 Å². The monoisotopic (exact) mass is 247 g/mol. The molecule has 3 atom stereocenters. The quantitative estimate of drug-likeness (QED) is 0.749. The van der Waals surface area contributed by atoms with Gasteiger partial charge in [0.2, 0.25) is 0 Å². The number of aliphatic hydroxyl groups is 1. The lowest BCUT2D eigenvalue weighted by Crippen LogP contribution is -2.47. The molecule has 0 aliphatic carbocycles. The van der Waals surface area contributed by atoms with Crippen molar-refractivity contribution in [2.45, 2.75) is 57.4 Å². The van der Waals surface area contributed by atoms with E-state index < -0.39 is 0 Å². The van der Waals surface area contributed by atoms with E-state index in [9.17, 15) is 5.11 Å². The topological polar surface area (TPSA) is 41.5 Å². The normalized spacial score (nSPS) is 32.6. The molecule has 1 aliphatic heterocycles. The first kappa shape index (κ1) is 14.3. The van der Waals surface area contributed by atoms with Crippen LogP contribution in [0.4, 0.5) is 0 Å². The predicted molar refractivity (Wildman–Crippen MR) is 70.0 cm³/mol. The van der Waals surface area contributed by atoms with E-state index in [1.54, 1.807) is 0 Å². The zero-order valence-electron chi connectivity index (χ0n) is 10.6. The van der Waals surface area contributed by atoms with Gasteiger partial charge in [-0.15, -0.1) is 0 Å². The van der Waals surface area contributed by atoms with Crippen molar-refractivity contribution >= 4 is 11.8 Å². The van der Waals surface area contributed by atoms with Gasteiger partial charge < -0.3 is 15.2 Å². The largest absolute Gasteiger partial charge is 0.395 e. The molecule has 4 heteroatoms. The Morgan fingerprint density at radius 2 is 2.00 bits per heavy atom. The van der Waals surface area contributed by atoms with Gasteiger partial charge in [-0.2, -0.15) is 11.8 Å². The smallest absolute Gasteiger partial charge is 0.0585 e. The van der Waals surface area contributed by atoms with Crippen LogP contribution in [0.1, 0.15) is 33.1 Å². The summed E-state index contributed by atoms with van der Waals surface area (Å²) in [6.07, 6.45) is 5.92. The fourth-order valence-corrected chi connectivity index (χ4v) is 2.88. The van der Waals surface area contributed by atoms with Gasteiger partial charge in [-0.3, -0.25) is 0 Å². The number of nitrogens with one attached hydrogen (secondary N) is 1. The van der Waals surface area contributed by atoms with Crippen LogP contribution in [0, 0.1) is 0 Å². The van der Waals surface area contributed by atoms with E-state index in [-0.39, 0.29) is 12.6 Å². The molecule has 0 radical (unpaired) electrons. The molecule has 3 unspecified atom stereocenters. The van der Waals surface area contributed by atoms with Gasteiger partial charge in [-0.1, -0.05) is 0 Å². The van der Waals surface area contributed by atoms with E-state index in [1.165, 1.54) is 0 Å². The molecule has 16 heavy (non-hydrogen) atoms. The van der Waals surface area contributed by atoms with Gasteiger partial charge in [0.05, 0.1) is 18.8 Å². The molecular formula is C12H25NO2S. The number of hydrogen-bond donors (Lipinski definition) is 2. The van der Waals surface area contributed by atoms with Gasteiger partial charge in [0.1, 0.15) is 0 Å². The zero-order valence-corrected chi connectivity index (χ0v) is 11.4. The van der Waals surface area contributed by atoms with E-state index in [2.05, 4.69) is 25.4 Å². The lowest BCUT2D eigenvalue weighted by Gasteiger charge is -2.34. The molecule has 2 N–H and O–H groups in total. The van der Waals surface area contributed by atoms with Crippen LogP contribution in [0.2, 0.25) is 0 Å². The van der Waals surface area contributed by atoms with Crippen molar-refractivity contribution in [2.24, 2.45) is 0 Å². The fourth-order valence-electron chi connectivity index (χ4n) is 2.36. The van der Waals surface area contributed by atoms with E-state index in [4.69, 9.17) is 4.74 Å². The van der Waals surface area contributed by atoms with Crippen molar-refractivity contribution in [1.82, 2.24) is 5.32 Å². The number of thioether (sulfide) groups is 1. The molecule has 0 bridgehead atoms. The average molecular weight is 247 g/mol. The van der Waals surface area contributed by atoms with Crippen LogP contribution in [0.15, 0.2) is 0 Å². The van der Waals surface area contributed by atoms with E-state index in [0.29, 0.717) is 18.2 Å². The summed E-state index contributed by atoms with van der Waals surface area (Å²) in [6.45, 7) is 4.49. The third kappa shape index (κ3) is 5.04. The highest BCUT2D eigenvalue weighted by Crippen LogP contribution is 2.19. The minimum Gasteiger partial charge on any atom is -0.395 e. The Morgan fingerprint density at radius 1 is 1.38 bits per heavy atom. The molecule has 0 saturated carbocycles. The van der Waals surface area contributed by atoms with Crippen LogP contribution in [0.25, 0.3) is 0 Å². The molecule has 1 aliphatic rings. The minimum absolute atomic E-state index is 0.237. The standard InChI is InChI=1S/C12H25NO2S/c1-9-6-12(7-10(2)15-9)13-11(8-14)4-5-16-3/h9-14H,4-8H2,1-3H3. The third-order valence-corrected chi connectivity index (χ3v) is 3.70. The number of aliphatic hydroxyl groups excluding tert-OH is 1. The summed E-state index contributed by atoms with van der Waals surface area (Å²) in [5.41, 5.74) is 0. The maximum Gasteiger partial charge on any atom is 0.0585 e. The van der Waals surface area contributed by atoms with E-state index in [1.807, 2.05) is 11.8 Å². The Bertz CT molecular complexity index is 182. The van der Waals surface area contributed by atoms with Crippen LogP contribution in [0.5, 0.6) is 0 Å². The molecule has 0 spiro atoms. The van der Waals surface area contributed by atoms with Gasteiger partial charge in [0.25, 0.3) is 0 Å². The summed E-state index contributed by atoms with van der Waals surface area (Å²) in [6, 6.07) is 0.743. The molecule has 0 aromatic rings. The number of hydrogen-bond acceptors (Lipinski definition) is 4. The maximum absolute atomic E-state index is 9.31. The van der Waals surface area contributed by atoms with E-state index >= 15 is 0 Å². The Hall–Kier alpha value is 0.230. The molecule has 0 amide bonds. The number of ether oxygens (including phenoxy) is 1. The highest BCUT2D eigenvalue weighted by Gasteiger charge is 2.25. The molecule has 1 fully saturated rings. The van der Waals surface area contributed by atoms with Crippen LogP contribution in [0.3, 0.4) is 0 Å². The highest BCUT2D eigenvalue weighted by atomic mass is 32.2. The molecular weight excluding hydrogens is 222 g/mol. The summed E-state index contributed by atoms with van der Waals surface area (Å²) in [5.74, 6) is 1.10. The first-order valence-electron chi connectivity index (χ1n) is 6.17. The zero-order chi connectivity index (χ0) is 12.0. The van der Waals surface area contributed by atoms with Crippen LogP contribution in [-0.2, 0) is 4.74 Å². The SMILES string of the molecule is CSCCC(CO)NC1CC(C)OC(C)C1. The van der Waals surface area contributed by atoms with Crippen molar-refractivity contribution < 1.29 is 9.84 Å². The lowest BCUT2D eigenvalue weighted by atomic mass is 9.98. The molecule has 1 saturated heterocycles. The van der Waals surface area contributed by atoms with Gasteiger partial charge >= 0.3 is 0 Å². The van der Waals surface area contributed by atoms with Gasteiger partial charge in [0.15, 0.2) is 0 Å². The average Bonchev–Trinajstić information content (AvgIpc) is 2.22. The van der Waals surface area contributed by atoms with Crippen molar-refractivity contribution in [3.8, 4) is 0 Å². The van der Waals surface area contributed by atoms with Gasteiger partial charge in [-0.05, 0) is 45.1 Å². The van der Waals surface area contributed by atoms with Crippen molar-refractivity contribution in [2.75, 3.05) is 18.6 Å². The number of rotatable bonds is 6. The summed E-state index contributed by atoms with van der Waals surface area (Å²) in [5, 5.41) is 12.9. The third-order valence-electron chi connectivity index (χ3n) is 3.06. The Kier molecular flexibility index (Phi) is 6.73. The van der Waals surface area contributed by atoms with E-state index in [0.717, 1.165) is 25.0 Å². The summed E-state index contributed by atoms with van der Waals surface area (Å²) in [4.78, 5) is 0. The summed E-state index contributed by atoms with van der Waals surface area (Å²) < 4.78 is 5.71. The minimum atomic E-state index is 0.237. The maximum atomic E-state index is 9.31. The second kappa shape index (κ2) is 7.54. The summed E-state index contributed by atoms with van der Waals surface area (Å²) in [7, 11) is 0. The molecule has 1 heterocycles. The fraction of sp³-hybridized carbons (Fsp3) is 1.00. The Morgan fingerprint density at radius 3 is 2.50 bits per heavy atom. The Balaban J connectivity index is 2.32. The Labute approximate surface area is 103 Å². The van der Waals surface area contributed by atoms with Crippen LogP contribution in [-0.4, -0.2) is 48.0 Å². The molecule has 0 aromatic heterocycles. The molecule has 96 valence electrons. The van der Waals surface area contributed by atoms with Crippen LogP contribution < -0.4 is 5.32 Å². The van der Waals surface area contributed by atoms with Crippen molar-refractivity contribution in [3.63, 3.8) is 0 Å². The molecule has 0 aromatic carbocycles. The van der Waals surface area contributed by atoms with Gasteiger partial charge in [0, 0.05) is 12.1 Å². The van der Waals surface area contributed by atoms with Gasteiger partial charge in [-0.25, -0.2) is 0 Å². The second-order valence-corrected chi connectivity index (χ2v) is 5.74. The first-order valence-corrected chi connectivity index (χ1v) is 7.56. The van der Waals surface area contributed by atoms with Crippen molar-refractivity contribution in [3.05, 3.63) is 0 Å². The first-order chi connectivity index (χ1) is 7.65. The van der Waals surface area contributed by atoms with Crippen LogP contribution >= 0.6 is 11.8 Å². The molecule has 3 nitrogen and oxygen atoms in total. The summed E-state index contributed by atoms with van der Waals surface area (Å²) >= 11 is 1.83. The second-order valence-electron chi connectivity index (χ2n) is 4.75. The molecule has 1 rings (SSSR count). The lowest BCUT2D eigenvalue weighted by molar-refractivity contribution is -0.0444.